The summed E-state index contributed by atoms with van der Waals surface area (Å²) in [5.74, 6) is -0.924. The number of hydrogen-bond donors (Lipinski definition) is 2. The summed E-state index contributed by atoms with van der Waals surface area (Å²) in [6.07, 6.45) is 3.28. The van der Waals surface area contributed by atoms with Crippen molar-refractivity contribution in [3.8, 4) is 0 Å². The van der Waals surface area contributed by atoms with Gasteiger partial charge in [-0.2, -0.15) is 0 Å². The Balaban J connectivity index is 1.94. The first kappa shape index (κ1) is 10.4. The molecule has 0 unspecified atom stereocenters. The second-order valence-electron chi connectivity index (χ2n) is 3.37. The minimum atomic E-state index is -0.924. The molecule has 0 spiro atoms. The SMILES string of the molecule is O=C(O)c1cnc(NC2CCOCC2)s1. The number of nitrogens with one attached hydrogen (secondary N) is 1. The van der Waals surface area contributed by atoms with Crippen molar-refractivity contribution in [1.82, 2.24) is 4.98 Å². The number of aromatic carboxylic acids is 1. The summed E-state index contributed by atoms with van der Waals surface area (Å²) in [5, 5.41) is 12.6. The Kier molecular flexibility index (Phi) is 3.17. The summed E-state index contributed by atoms with van der Waals surface area (Å²) in [7, 11) is 0. The molecule has 1 aromatic heterocycles. The largest absolute Gasteiger partial charge is 0.477 e. The summed E-state index contributed by atoms with van der Waals surface area (Å²) in [5.41, 5.74) is 0. The van der Waals surface area contributed by atoms with E-state index in [2.05, 4.69) is 10.3 Å². The predicted molar refractivity (Wildman–Crippen MR) is 56.5 cm³/mol. The number of carbonyl (C=O) groups is 1. The summed E-state index contributed by atoms with van der Waals surface area (Å²) >= 11 is 1.17. The molecule has 2 N–H and O–H groups in total. The van der Waals surface area contributed by atoms with E-state index in [-0.39, 0.29) is 4.88 Å². The molecule has 1 fully saturated rings. The van der Waals surface area contributed by atoms with Crippen LogP contribution in [-0.4, -0.2) is 35.3 Å². The Labute approximate surface area is 91.1 Å². The zero-order valence-corrected chi connectivity index (χ0v) is 8.92. The summed E-state index contributed by atoms with van der Waals surface area (Å²) in [6, 6.07) is 0.353. The van der Waals surface area contributed by atoms with Crippen molar-refractivity contribution < 1.29 is 14.6 Å². The third-order valence-corrected chi connectivity index (χ3v) is 3.18. The van der Waals surface area contributed by atoms with Gasteiger partial charge in [0, 0.05) is 19.3 Å². The number of aromatic nitrogens is 1. The molecule has 5 nitrogen and oxygen atoms in total. The van der Waals surface area contributed by atoms with Crippen LogP contribution in [0.25, 0.3) is 0 Å². The van der Waals surface area contributed by atoms with Crippen molar-refractivity contribution in [2.75, 3.05) is 18.5 Å². The van der Waals surface area contributed by atoms with Crippen LogP contribution >= 0.6 is 11.3 Å². The lowest BCUT2D eigenvalue weighted by atomic mass is 10.1. The third kappa shape index (κ3) is 2.66. The number of carboxylic acids is 1. The molecule has 0 radical (unpaired) electrons. The number of hydrogen-bond acceptors (Lipinski definition) is 5. The number of thiazole rings is 1. The van der Waals surface area contributed by atoms with Gasteiger partial charge in [-0.25, -0.2) is 9.78 Å². The summed E-state index contributed by atoms with van der Waals surface area (Å²) in [6.45, 7) is 1.52. The van der Waals surface area contributed by atoms with E-state index in [1.54, 1.807) is 0 Å². The van der Waals surface area contributed by atoms with E-state index >= 15 is 0 Å². The highest BCUT2D eigenvalue weighted by atomic mass is 32.1. The number of carboxylic acid groups (broad SMARTS) is 1. The van der Waals surface area contributed by atoms with E-state index in [4.69, 9.17) is 9.84 Å². The van der Waals surface area contributed by atoms with Gasteiger partial charge in [-0.15, -0.1) is 0 Å². The predicted octanol–water partition coefficient (Wildman–Crippen LogP) is 1.43. The number of nitrogens with zero attached hydrogens (tertiary/aromatic N) is 1. The molecule has 2 heterocycles. The summed E-state index contributed by atoms with van der Waals surface area (Å²) in [4.78, 5) is 14.9. The fourth-order valence-electron chi connectivity index (χ4n) is 1.46. The van der Waals surface area contributed by atoms with Crippen LogP contribution in [0.1, 0.15) is 22.5 Å². The maximum Gasteiger partial charge on any atom is 0.347 e. The Morgan fingerprint density at radius 1 is 1.60 bits per heavy atom. The van der Waals surface area contributed by atoms with Crippen molar-refractivity contribution in [3.05, 3.63) is 11.1 Å². The van der Waals surface area contributed by atoms with Gasteiger partial charge in [-0.1, -0.05) is 11.3 Å². The lowest BCUT2D eigenvalue weighted by molar-refractivity contribution is 0.0702. The zero-order valence-electron chi connectivity index (χ0n) is 8.10. The van der Waals surface area contributed by atoms with Crippen molar-refractivity contribution in [2.24, 2.45) is 0 Å². The Hall–Kier alpha value is -1.14. The highest BCUT2D eigenvalue weighted by molar-refractivity contribution is 7.17. The minimum absolute atomic E-state index is 0.268. The van der Waals surface area contributed by atoms with Gasteiger partial charge >= 0.3 is 5.97 Å². The molecule has 2 rings (SSSR count). The van der Waals surface area contributed by atoms with Gasteiger partial charge in [0.05, 0.1) is 6.20 Å². The second kappa shape index (κ2) is 4.59. The molecule has 6 heteroatoms. The van der Waals surface area contributed by atoms with Gasteiger partial charge in [0.1, 0.15) is 4.88 Å². The topological polar surface area (TPSA) is 71.5 Å². The van der Waals surface area contributed by atoms with E-state index < -0.39 is 5.97 Å². The average molecular weight is 228 g/mol. The smallest absolute Gasteiger partial charge is 0.347 e. The van der Waals surface area contributed by atoms with Gasteiger partial charge in [0.2, 0.25) is 0 Å². The Morgan fingerprint density at radius 2 is 2.33 bits per heavy atom. The van der Waals surface area contributed by atoms with Crippen LogP contribution in [0.5, 0.6) is 0 Å². The molecule has 15 heavy (non-hydrogen) atoms. The standard InChI is InChI=1S/C9H12N2O3S/c12-8(13)7-5-10-9(15-7)11-6-1-3-14-4-2-6/h5-6H,1-4H2,(H,10,11)(H,12,13). The summed E-state index contributed by atoms with van der Waals surface area (Å²) < 4.78 is 5.23. The zero-order chi connectivity index (χ0) is 10.7. The quantitative estimate of drug-likeness (QED) is 0.819. The van der Waals surface area contributed by atoms with Gasteiger partial charge in [-0.3, -0.25) is 0 Å². The molecule has 1 aliphatic rings. The molecule has 1 aliphatic heterocycles. The molecule has 0 bridgehead atoms. The molecule has 0 saturated carbocycles. The van der Waals surface area contributed by atoms with Crippen LogP contribution in [-0.2, 0) is 4.74 Å². The average Bonchev–Trinajstić information content (AvgIpc) is 2.68. The minimum Gasteiger partial charge on any atom is -0.477 e. The molecular weight excluding hydrogens is 216 g/mol. The van der Waals surface area contributed by atoms with E-state index in [1.807, 2.05) is 0 Å². The van der Waals surface area contributed by atoms with Crippen LogP contribution < -0.4 is 5.32 Å². The highest BCUT2D eigenvalue weighted by Gasteiger charge is 2.15. The number of rotatable bonds is 3. The molecular formula is C9H12N2O3S. The number of anilines is 1. The van der Waals surface area contributed by atoms with E-state index in [1.165, 1.54) is 17.5 Å². The van der Waals surface area contributed by atoms with Gasteiger partial charge < -0.3 is 15.2 Å². The first-order chi connectivity index (χ1) is 7.25. The Bertz CT molecular complexity index is 347. The maximum absolute atomic E-state index is 10.6. The van der Waals surface area contributed by atoms with Crippen molar-refractivity contribution >= 4 is 22.4 Å². The van der Waals surface area contributed by atoms with Crippen LogP contribution in [0, 0.1) is 0 Å². The molecule has 82 valence electrons. The Morgan fingerprint density at radius 3 is 2.93 bits per heavy atom. The fourth-order valence-corrected chi connectivity index (χ4v) is 2.19. The second-order valence-corrected chi connectivity index (χ2v) is 4.40. The molecule has 0 atom stereocenters. The lowest BCUT2D eigenvalue weighted by Crippen LogP contribution is -2.27. The number of ether oxygens (including phenoxy) is 1. The molecule has 0 amide bonds. The van der Waals surface area contributed by atoms with E-state index in [0.29, 0.717) is 11.2 Å². The molecule has 1 saturated heterocycles. The van der Waals surface area contributed by atoms with E-state index in [0.717, 1.165) is 26.1 Å². The van der Waals surface area contributed by atoms with Gasteiger partial charge in [-0.05, 0) is 12.8 Å². The van der Waals surface area contributed by atoms with Crippen LogP contribution in [0.4, 0.5) is 5.13 Å². The van der Waals surface area contributed by atoms with Crippen molar-refractivity contribution in [1.29, 1.82) is 0 Å². The molecule has 0 aromatic carbocycles. The molecule has 1 aromatic rings. The first-order valence-electron chi connectivity index (χ1n) is 4.79. The lowest BCUT2D eigenvalue weighted by Gasteiger charge is -2.22. The first-order valence-corrected chi connectivity index (χ1v) is 5.61. The van der Waals surface area contributed by atoms with Crippen molar-refractivity contribution in [2.45, 2.75) is 18.9 Å². The van der Waals surface area contributed by atoms with Crippen molar-refractivity contribution in [3.63, 3.8) is 0 Å². The third-order valence-electron chi connectivity index (χ3n) is 2.27. The normalized spacial score (nSPS) is 17.6. The highest BCUT2D eigenvalue weighted by Crippen LogP contribution is 2.21. The fraction of sp³-hybridized carbons (Fsp3) is 0.556. The van der Waals surface area contributed by atoms with Gasteiger partial charge in [0.15, 0.2) is 5.13 Å². The van der Waals surface area contributed by atoms with E-state index in [9.17, 15) is 4.79 Å². The monoisotopic (exact) mass is 228 g/mol. The van der Waals surface area contributed by atoms with Gasteiger partial charge in [0.25, 0.3) is 0 Å². The van der Waals surface area contributed by atoms with Crippen LogP contribution in [0.15, 0.2) is 6.20 Å². The van der Waals surface area contributed by atoms with Crippen LogP contribution in [0.3, 0.4) is 0 Å². The molecule has 0 aliphatic carbocycles. The maximum atomic E-state index is 10.6. The van der Waals surface area contributed by atoms with Crippen LogP contribution in [0.2, 0.25) is 0 Å².